The molecule has 3 N–H and O–H groups in total. The van der Waals surface area contributed by atoms with Gasteiger partial charge in [0.1, 0.15) is 5.60 Å². The fourth-order valence-corrected chi connectivity index (χ4v) is 4.71. The molecule has 3 amide bonds. The molecule has 3 heterocycles. The molecule has 0 aliphatic carbocycles. The number of benzene rings is 1. The number of carbonyl (C=O) groups is 3. The van der Waals surface area contributed by atoms with E-state index in [1.807, 2.05) is 28.5 Å². The van der Waals surface area contributed by atoms with E-state index >= 15 is 0 Å². The van der Waals surface area contributed by atoms with E-state index in [0.29, 0.717) is 23.4 Å². The third-order valence-corrected chi connectivity index (χ3v) is 6.51. The fraction of sp³-hybridized carbons (Fsp3) is 0.381. The average molecular weight is 413 g/mol. The number of amides is 3. The Kier molecular flexibility index (Phi) is 5.14. The molecule has 29 heavy (non-hydrogen) atoms. The molecule has 0 fully saturated rings. The molecular formula is C21H23N3O4S. The van der Waals surface area contributed by atoms with Gasteiger partial charge >= 0.3 is 11.8 Å². The zero-order valence-corrected chi connectivity index (χ0v) is 17.0. The van der Waals surface area contributed by atoms with E-state index in [9.17, 15) is 19.5 Å². The molecule has 1 atom stereocenters. The third kappa shape index (κ3) is 3.90. The molecule has 0 bridgehead atoms. The van der Waals surface area contributed by atoms with Crippen molar-refractivity contribution in [2.24, 2.45) is 0 Å². The Bertz CT molecular complexity index is 951. The highest BCUT2D eigenvalue weighted by atomic mass is 32.1. The van der Waals surface area contributed by atoms with E-state index in [1.165, 1.54) is 11.3 Å². The van der Waals surface area contributed by atoms with Gasteiger partial charge in [-0.15, -0.1) is 11.3 Å². The van der Waals surface area contributed by atoms with Crippen molar-refractivity contribution in [1.82, 2.24) is 5.32 Å². The molecule has 0 radical (unpaired) electrons. The Labute approximate surface area is 172 Å². The lowest BCUT2D eigenvalue weighted by molar-refractivity contribution is -0.136. The predicted molar refractivity (Wildman–Crippen MR) is 111 cm³/mol. The smallest absolute Gasteiger partial charge is 0.313 e. The number of thiophene rings is 1. The zero-order valence-electron chi connectivity index (χ0n) is 16.2. The van der Waals surface area contributed by atoms with Gasteiger partial charge in [0.05, 0.1) is 12.2 Å². The maximum Gasteiger partial charge on any atom is 0.313 e. The van der Waals surface area contributed by atoms with Crippen LogP contribution in [-0.4, -0.2) is 35.9 Å². The van der Waals surface area contributed by atoms with Crippen molar-refractivity contribution in [1.29, 1.82) is 0 Å². The molecule has 2 aliphatic heterocycles. The van der Waals surface area contributed by atoms with Crippen LogP contribution in [0.2, 0.25) is 0 Å². The first-order valence-electron chi connectivity index (χ1n) is 9.67. The highest BCUT2D eigenvalue weighted by Crippen LogP contribution is 2.37. The Morgan fingerprint density at radius 2 is 1.97 bits per heavy atom. The summed E-state index contributed by atoms with van der Waals surface area (Å²) in [7, 11) is 0. The normalized spacial score (nSPS) is 17.3. The number of anilines is 2. The highest BCUT2D eigenvalue weighted by Gasteiger charge is 2.30. The van der Waals surface area contributed by atoms with Crippen molar-refractivity contribution in [2.75, 3.05) is 23.3 Å². The van der Waals surface area contributed by atoms with Gasteiger partial charge in [-0.3, -0.25) is 14.4 Å². The van der Waals surface area contributed by atoms with E-state index in [1.54, 1.807) is 13.0 Å². The van der Waals surface area contributed by atoms with Crippen LogP contribution in [0.3, 0.4) is 0 Å². The number of rotatable bonds is 4. The second-order valence-electron chi connectivity index (χ2n) is 7.68. The number of nitrogens with zero attached hydrogens (tertiary/aromatic N) is 1. The summed E-state index contributed by atoms with van der Waals surface area (Å²) < 4.78 is 0. The monoisotopic (exact) mass is 413 g/mol. The van der Waals surface area contributed by atoms with Crippen LogP contribution in [-0.2, 0) is 32.8 Å². The van der Waals surface area contributed by atoms with Crippen molar-refractivity contribution in [3.63, 3.8) is 0 Å². The van der Waals surface area contributed by atoms with E-state index in [0.717, 1.165) is 36.2 Å². The molecule has 7 nitrogen and oxygen atoms in total. The Morgan fingerprint density at radius 1 is 1.21 bits per heavy atom. The van der Waals surface area contributed by atoms with Crippen LogP contribution in [0.25, 0.3) is 0 Å². The number of aryl methyl sites for hydroxylation is 2. The molecule has 8 heteroatoms. The summed E-state index contributed by atoms with van der Waals surface area (Å²) in [5.74, 6) is -1.43. The van der Waals surface area contributed by atoms with E-state index in [4.69, 9.17) is 0 Å². The summed E-state index contributed by atoms with van der Waals surface area (Å²) in [5.41, 5.74) is 2.34. The van der Waals surface area contributed by atoms with Gasteiger partial charge in [-0.25, -0.2) is 0 Å². The van der Waals surface area contributed by atoms with Crippen LogP contribution in [0.15, 0.2) is 29.6 Å². The topological polar surface area (TPSA) is 98.7 Å². The molecular weight excluding hydrogens is 390 g/mol. The first kappa shape index (κ1) is 19.6. The van der Waals surface area contributed by atoms with Crippen LogP contribution in [0.5, 0.6) is 0 Å². The molecule has 0 saturated heterocycles. The second kappa shape index (κ2) is 7.61. The van der Waals surface area contributed by atoms with Crippen molar-refractivity contribution < 1.29 is 19.5 Å². The summed E-state index contributed by atoms with van der Waals surface area (Å²) in [5, 5.41) is 17.5. The van der Waals surface area contributed by atoms with Gasteiger partial charge < -0.3 is 20.6 Å². The Morgan fingerprint density at radius 3 is 2.69 bits per heavy atom. The molecule has 1 aromatic carbocycles. The highest BCUT2D eigenvalue weighted by molar-refractivity contribution is 7.10. The summed E-state index contributed by atoms with van der Waals surface area (Å²) in [4.78, 5) is 39.3. The molecule has 2 aliphatic rings. The summed E-state index contributed by atoms with van der Waals surface area (Å²) >= 11 is 1.39. The van der Waals surface area contributed by atoms with Crippen molar-refractivity contribution in [3.8, 4) is 0 Å². The first-order valence-corrected chi connectivity index (χ1v) is 10.5. The van der Waals surface area contributed by atoms with Gasteiger partial charge in [0, 0.05) is 23.5 Å². The number of hydrogen-bond donors (Lipinski definition) is 3. The molecule has 0 saturated carbocycles. The summed E-state index contributed by atoms with van der Waals surface area (Å²) in [6, 6.07) is 7.29. The summed E-state index contributed by atoms with van der Waals surface area (Å²) in [6.07, 6.45) is 2.82. The fourth-order valence-electron chi connectivity index (χ4n) is 3.92. The number of hydrogen-bond acceptors (Lipinski definition) is 5. The lowest BCUT2D eigenvalue weighted by atomic mass is 9.91. The third-order valence-electron chi connectivity index (χ3n) is 5.38. The maximum absolute atomic E-state index is 12.3. The molecule has 4 rings (SSSR count). The van der Waals surface area contributed by atoms with Crippen LogP contribution in [0.4, 0.5) is 11.4 Å². The lowest BCUT2D eigenvalue weighted by Gasteiger charge is -2.35. The SMILES string of the molecule is CC(O)(CNC(=O)C(=O)Nc1cc2c3c(c1)CCC(=O)N3CCC2)c1cccs1. The van der Waals surface area contributed by atoms with E-state index in [2.05, 4.69) is 10.6 Å². The minimum absolute atomic E-state index is 0.0632. The van der Waals surface area contributed by atoms with Crippen molar-refractivity contribution >= 4 is 40.4 Å². The van der Waals surface area contributed by atoms with E-state index < -0.39 is 17.4 Å². The lowest BCUT2D eigenvalue weighted by Crippen LogP contribution is -2.43. The second-order valence-corrected chi connectivity index (χ2v) is 8.63. The molecule has 2 aromatic rings. The minimum Gasteiger partial charge on any atom is -0.383 e. The van der Waals surface area contributed by atoms with Crippen LogP contribution >= 0.6 is 11.3 Å². The average Bonchev–Trinajstić information content (AvgIpc) is 3.25. The van der Waals surface area contributed by atoms with Crippen molar-refractivity contribution in [2.45, 2.75) is 38.2 Å². The molecule has 1 aromatic heterocycles. The minimum atomic E-state index is -1.24. The number of carbonyl (C=O) groups excluding carboxylic acids is 3. The predicted octanol–water partition coefficient (Wildman–Crippen LogP) is 1.94. The first-order chi connectivity index (χ1) is 13.8. The quantitative estimate of drug-likeness (QED) is 0.667. The number of aliphatic hydroxyl groups is 1. The van der Waals surface area contributed by atoms with Crippen LogP contribution in [0.1, 0.15) is 35.8 Å². The van der Waals surface area contributed by atoms with Gasteiger partial charge in [-0.2, -0.15) is 0 Å². The molecule has 0 spiro atoms. The number of nitrogens with one attached hydrogen (secondary N) is 2. The van der Waals surface area contributed by atoms with Crippen LogP contribution in [0, 0.1) is 0 Å². The van der Waals surface area contributed by atoms with Gasteiger partial charge in [0.2, 0.25) is 5.91 Å². The Balaban J connectivity index is 1.43. The van der Waals surface area contributed by atoms with Crippen LogP contribution < -0.4 is 15.5 Å². The maximum atomic E-state index is 12.3. The molecule has 1 unspecified atom stereocenters. The van der Waals surface area contributed by atoms with Gasteiger partial charge in [-0.1, -0.05) is 6.07 Å². The standard InChI is InChI=1S/C21H23N3O4S/c1-21(28,16-5-3-9-29-16)12-22-19(26)20(27)23-15-10-13-4-2-8-24-17(25)7-6-14(11-15)18(13)24/h3,5,9-11,28H,2,4,6-8,12H2,1H3,(H,22,26)(H,23,27). The van der Waals surface area contributed by atoms with Gasteiger partial charge in [0.15, 0.2) is 0 Å². The zero-order chi connectivity index (χ0) is 20.6. The molecule has 152 valence electrons. The Hall–Kier alpha value is -2.71. The van der Waals surface area contributed by atoms with Crippen molar-refractivity contribution in [3.05, 3.63) is 45.6 Å². The largest absolute Gasteiger partial charge is 0.383 e. The van der Waals surface area contributed by atoms with E-state index in [-0.39, 0.29) is 12.5 Å². The summed E-state index contributed by atoms with van der Waals surface area (Å²) in [6.45, 7) is 2.27. The van der Waals surface area contributed by atoms with Gasteiger partial charge in [-0.05, 0) is 60.9 Å². The van der Waals surface area contributed by atoms with Gasteiger partial charge in [0.25, 0.3) is 0 Å².